The first kappa shape index (κ1) is 12.1. The van der Waals surface area contributed by atoms with Gasteiger partial charge in [-0.25, -0.2) is 4.98 Å². The zero-order valence-electron chi connectivity index (χ0n) is 9.04. The number of aromatic nitrogens is 2. The van der Waals surface area contributed by atoms with Gasteiger partial charge in [0.05, 0.1) is 11.9 Å². The minimum Gasteiger partial charge on any atom is -0.394 e. The number of nitrogens with zero attached hydrogens (tertiary/aromatic N) is 2. The number of halogens is 2. The molecule has 0 amide bonds. The maximum absolute atomic E-state index is 5.76. The maximum atomic E-state index is 5.76. The first-order valence-electron chi connectivity index (χ1n) is 4.87. The third-order valence-electron chi connectivity index (χ3n) is 2.09. The third kappa shape index (κ3) is 3.08. The minimum absolute atomic E-state index is 0.161. The standard InChI is InChI=1S/C11H10BrClN4/c1-6-2-7(12)4-8(3-6)16-10-9(14)5-15-11(13)17-10/h2-5H,14H2,1H3,(H,15,16,17). The highest BCUT2D eigenvalue weighted by molar-refractivity contribution is 9.10. The molecular formula is C11H10BrClN4. The van der Waals surface area contributed by atoms with Crippen molar-refractivity contribution in [3.05, 3.63) is 39.7 Å². The molecule has 88 valence electrons. The molecular weight excluding hydrogens is 304 g/mol. The molecule has 0 saturated carbocycles. The van der Waals surface area contributed by atoms with Gasteiger partial charge in [0, 0.05) is 10.2 Å². The van der Waals surface area contributed by atoms with Gasteiger partial charge < -0.3 is 11.1 Å². The van der Waals surface area contributed by atoms with Crippen molar-refractivity contribution in [3.8, 4) is 0 Å². The van der Waals surface area contributed by atoms with Crippen molar-refractivity contribution >= 4 is 44.7 Å². The molecule has 0 bridgehead atoms. The molecule has 1 aromatic carbocycles. The topological polar surface area (TPSA) is 63.8 Å². The Morgan fingerprint density at radius 1 is 1.35 bits per heavy atom. The van der Waals surface area contributed by atoms with Gasteiger partial charge in [0.15, 0.2) is 5.82 Å². The van der Waals surface area contributed by atoms with Gasteiger partial charge >= 0.3 is 0 Å². The van der Waals surface area contributed by atoms with E-state index in [1.54, 1.807) is 0 Å². The fourth-order valence-corrected chi connectivity index (χ4v) is 2.16. The molecule has 4 nitrogen and oxygen atoms in total. The van der Waals surface area contributed by atoms with Crippen LogP contribution in [0.2, 0.25) is 5.28 Å². The molecule has 0 radical (unpaired) electrons. The van der Waals surface area contributed by atoms with Crippen LogP contribution in [0, 0.1) is 6.92 Å². The summed E-state index contributed by atoms with van der Waals surface area (Å²) in [4.78, 5) is 7.83. The summed E-state index contributed by atoms with van der Waals surface area (Å²) in [6, 6.07) is 5.93. The summed E-state index contributed by atoms with van der Waals surface area (Å²) in [6.45, 7) is 2.01. The quantitative estimate of drug-likeness (QED) is 0.833. The van der Waals surface area contributed by atoms with Crippen LogP contribution in [0.3, 0.4) is 0 Å². The highest BCUT2D eigenvalue weighted by atomic mass is 79.9. The normalized spacial score (nSPS) is 10.3. The van der Waals surface area contributed by atoms with Crippen molar-refractivity contribution in [2.24, 2.45) is 0 Å². The molecule has 0 saturated heterocycles. The lowest BCUT2D eigenvalue weighted by Crippen LogP contribution is -2.00. The number of benzene rings is 1. The summed E-state index contributed by atoms with van der Waals surface area (Å²) in [5.41, 5.74) is 8.22. The van der Waals surface area contributed by atoms with Crippen molar-refractivity contribution in [3.63, 3.8) is 0 Å². The second-order valence-corrected chi connectivity index (χ2v) is 4.84. The van der Waals surface area contributed by atoms with E-state index in [0.717, 1.165) is 15.7 Å². The van der Waals surface area contributed by atoms with Gasteiger partial charge in [-0.3, -0.25) is 0 Å². The molecule has 0 fully saturated rings. The van der Waals surface area contributed by atoms with Gasteiger partial charge in [0.1, 0.15) is 0 Å². The van der Waals surface area contributed by atoms with E-state index in [1.165, 1.54) is 6.20 Å². The summed E-state index contributed by atoms with van der Waals surface area (Å²) in [7, 11) is 0. The fourth-order valence-electron chi connectivity index (χ4n) is 1.41. The number of anilines is 3. The summed E-state index contributed by atoms with van der Waals surface area (Å²) < 4.78 is 0.985. The van der Waals surface area contributed by atoms with Crippen molar-refractivity contribution < 1.29 is 0 Å². The highest BCUT2D eigenvalue weighted by Gasteiger charge is 2.04. The molecule has 0 atom stereocenters. The van der Waals surface area contributed by atoms with Gasteiger partial charge in [0.25, 0.3) is 0 Å². The molecule has 3 N–H and O–H groups in total. The average molecular weight is 314 g/mol. The molecule has 1 heterocycles. The largest absolute Gasteiger partial charge is 0.394 e. The number of hydrogen-bond acceptors (Lipinski definition) is 4. The second kappa shape index (κ2) is 4.89. The molecule has 17 heavy (non-hydrogen) atoms. The van der Waals surface area contributed by atoms with Crippen molar-refractivity contribution in [2.45, 2.75) is 6.92 Å². The van der Waals surface area contributed by atoms with Crippen LogP contribution < -0.4 is 11.1 Å². The monoisotopic (exact) mass is 312 g/mol. The Labute approximate surface area is 112 Å². The first-order chi connectivity index (χ1) is 8.04. The Morgan fingerprint density at radius 3 is 2.82 bits per heavy atom. The lowest BCUT2D eigenvalue weighted by atomic mass is 10.2. The van der Waals surface area contributed by atoms with Crippen LogP contribution in [0.15, 0.2) is 28.9 Å². The second-order valence-electron chi connectivity index (χ2n) is 3.59. The highest BCUT2D eigenvalue weighted by Crippen LogP contribution is 2.25. The molecule has 6 heteroatoms. The van der Waals surface area contributed by atoms with E-state index in [4.69, 9.17) is 17.3 Å². The zero-order chi connectivity index (χ0) is 12.4. The SMILES string of the molecule is Cc1cc(Br)cc(Nc2nc(Cl)ncc2N)c1. The summed E-state index contributed by atoms with van der Waals surface area (Å²) in [5, 5.41) is 3.26. The molecule has 0 spiro atoms. The van der Waals surface area contributed by atoms with Gasteiger partial charge in [-0.2, -0.15) is 4.98 Å². The van der Waals surface area contributed by atoms with E-state index >= 15 is 0 Å². The predicted octanol–water partition coefficient (Wildman–Crippen LogP) is 3.53. The number of aryl methyl sites for hydroxylation is 1. The fraction of sp³-hybridized carbons (Fsp3) is 0.0909. The molecule has 2 aromatic rings. The van der Waals surface area contributed by atoms with E-state index in [1.807, 2.05) is 25.1 Å². The Hall–Kier alpha value is -1.33. The summed E-state index contributed by atoms with van der Waals surface area (Å²) in [5.74, 6) is 0.502. The maximum Gasteiger partial charge on any atom is 0.224 e. The Balaban J connectivity index is 2.34. The Bertz CT molecular complexity index is 539. The van der Waals surface area contributed by atoms with Gasteiger partial charge in [-0.1, -0.05) is 15.9 Å². The van der Waals surface area contributed by atoms with Crippen LogP contribution >= 0.6 is 27.5 Å². The Morgan fingerprint density at radius 2 is 2.12 bits per heavy atom. The number of hydrogen-bond donors (Lipinski definition) is 2. The van der Waals surface area contributed by atoms with Crippen LogP contribution in [0.25, 0.3) is 0 Å². The van der Waals surface area contributed by atoms with Crippen molar-refractivity contribution in [2.75, 3.05) is 11.1 Å². The number of nitrogens with two attached hydrogens (primary N) is 1. The van der Waals surface area contributed by atoms with Crippen molar-refractivity contribution in [1.29, 1.82) is 0 Å². The molecule has 2 rings (SSSR count). The van der Waals surface area contributed by atoms with Gasteiger partial charge in [-0.05, 0) is 42.3 Å². The zero-order valence-corrected chi connectivity index (χ0v) is 11.4. The Kier molecular flexibility index (Phi) is 3.49. The smallest absolute Gasteiger partial charge is 0.224 e. The average Bonchev–Trinajstić information content (AvgIpc) is 2.22. The van der Waals surface area contributed by atoms with E-state index in [9.17, 15) is 0 Å². The van der Waals surface area contributed by atoms with E-state index < -0.39 is 0 Å². The molecule has 0 aliphatic carbocycles. The van der Waals surface area contributed by atoms with Gasteiger partial charge in [0.2, 0.25) is 5.28 Å². The summed E-state index contributed by atoms with van der Waals surface area (Å²) in [6.07, 6.45) is 1.47. The number of nitrogens with one attached hydrogen (secondary N) is 1. The van der Waals surface area contributed by atoms with Crippen LogP contribution in [0.5, 0.6) is 0 Å². The lowest BCUT2D eigenvalue weighted by Gasteiger charge is -2.09. The van der Waals surface area contributed by atoms with Crippen LogP contribution in [0.4, 0.5) is 17.2 Å². The molecule has 1 aromatic heterocycles. The van der Waals surface area contributed by atoms with E-state index in [-0.39, 0.29) is 5.28 Å². The minimum atomic E-state index is 0.161. The van der Waals surface area contributed by atoms with Crippen LogP contribution in [0.1, 0.15) is 5.56 Å². The number of nitrogen functional groups attached to an aromatic ring is 1. The molecule has 0 aliphatic rings. The van der Waals surface area contributed by atoms with E-state index in [0.29, 0.717) is 11.5 Å². The summed E-state index contributed by atoms with van der Waals surface area (Å²) >= 11 is 9.15. The van der Waals surface area contributed by atoms with Crippen LogP contribution in [-0.4, -0.2) is 9.97 Å². The van der Waals surface area contributed by atoms with Crippen molar-refractivity contribution in [1.82, 2.24) is 9.97 Å². The lowest BCUT2D eigenvalue weighted by molar-refractivity contribution is 1.17. The predicted molar refractivity (Wildman–Crippen MR) is 73.6 cm³/mol. The molecule has 0 unspecified atom stereocenters. The number of rotatable bonds is 2. The van der Waals surface area contributed by atoms with Crippen LogP contribution in [-0.2, 0) is 0 Å². The van der Waals surface area contributed by atoms with E-state index in [2.05, 4.69) is 31.2 Å². The third-order valence-corrected chi connectivity index (χ3v) is 2.73. The molecule has 0 aliphatic heterocycles. The first-order valence-corrected chi connectivity index (χ1v) is 6.04. The van der Waals surface area contributed by atoms with Gasteiger partial charge in [-0.15, -0.1) is 0 Å².